The number of amides is 1. The zero-order chi connectivity index (χ0) is 19.4. The van der Waals surface area contributed by atoms with Gasteiger partial charge in [-0.25, -0.2) is 8.42 Å². The molecule has 27 heavy (non-hydrogen) atoms. The Balaban J connectivity index is 1.64. The minimum Gasteiger partial charge on any atom is -0.493 e. The lowest BCUT2D eigenvalue weighted by Gasteiger charge is -2.11. The van der Waals surface area contributed by atoms with Gasteiger partial charge in [0.05, 0.1) is 25.7 Å². The Morgan fingerprint density at radius 1 is 1.11 bits per heavy atom. The Morgan fingerprint density at radius 3 is 2.48 bits per heavy atom. The predicted octanol–water partition coefficient (Wildman–Crippen LogP) is 1.35. The van der Waals surface area contributed by atoms with Crippen molar-refractivity contribution in [2.75, 3.05) is 36.4 Å². The standard InChI is InChI=1S/C17H20N4O5S/c1-25-14-5-3-11(9-15(14)26-2)19-17(22)13-4-6-16(21-20-13)18-12-7-8-27(23,24)10-12/h3-6,9,12H,7-8,10H2,1-2H3,(H,18,21)(H,19,22). The van der Waals surface area contributed by atoms with Gasteiger partial charge in [-0.05, 0) is 30.7 Å². The second kappa shape index (κ2) is 7.78. The number of hydrogen-bond acceptors (Lipinski definition) is 8. The maximum absolute atomic E-state index is 12.3. The van der Waals surface area contributed by atoms with Gasteiger partial charge in [0.2, 0.25) is 0 Å². The highest BCUT2D eigenvalue weighted by Crippen LogP contribution is 2.29. The number of anilines is 2. The molecular formula is C17H20N4O5S. The number of rotatable bonds is 6. The number of carbonyl (C=O) groups is 1. The highest BCUT2D eigenvalue weighted by Gasteiger charge is 2.28. The third kappa shape index (κ3) is 4.64. The molecule has 1 aromatic heterocycles. The van der Waals surface area contributed by atoms with E-state index in [1.807, 2.05) is 0 Å². The summed E-state index contributed by atoms with van der Waals surface area (Å²) in [6.07, 6.45) is 0.533. The first-order chi connectivity index (χ1) is 12.9. The maximum atomic E-state index is 12.3. The van der Waals surface area contributed by atoms with Crippen molar-refractivity contribution in [3.63, 3.8) is 0 Å². The van der Waals surface area contributed by atoms with E-state index in [1.165, 1.54) is 20.3 Å². The molecule has 3 rings (SSSR count). The molecule has 1 aliphatic rings. The van der Waals surface area contributed by atoms with Crippen LogP contribution < -0.4 is 20.1 Å². The van der Waals surface area contributed by atoms with Crippen molar-refractivity contribution >= 4 is 27.2 Å². The Hall–Kier alpha value is -2.88. The van der Waals surface area contributed by atoms with Crippen LogP contribution in [0.5, 0.6) is 11.5 Å². The normalized spacial score (nSPS) is 17.9. The Bertz CT molecular complexity index is 931. The van der Waals surface area contributed by atoms with E-state index < -0.39 is 15.7 Å². The summed E-state index contributed by atoms with van der Waals surface area (Å²) >= 11 is 0. The molecule has 1 aromatic carbocycles. The van der Waals surface area contributed by atoms with Gasteiger partial charge >= 0.3 is 0 Å². The maximum Gasteiger partial charge on any atom is 0.276 e. The van der Waals surface area contributed by atoms with Gasteiger partial charge < -0.3 is 20.1 Å². The number of nitrogens with one attached hydrogen (secondary N) is 2. The van der Waals surface area contributed by atoms with Crippen molar-refractivity contribution in [2.24, 2.45) is 0 Å². The summed E-state index contributed by atoms with van der Waals surface area (Å²) < 4.78 is 33.3. The first kappa shape index (κ1) is 18.9. The van der Waals surface area contributed by atoms with Crippen LogP contribution in [0.2, 0.25) is 0 Å². The van der Waals surface area contributed by atoms with E-state index in [2.05, 4.69) is 20.8 Å². The molecule has 0 aliphatic carbocycles. The van der Waals surface area contributed by atoms with Crippen molar-refractivity contribution in [3.05, 3.63) is 36.0 Å². The van der Waals surface area contributed by atoms with E-state index in [1.54, 1.807) is 24.3 Å². The van der Waals surface area contributed by atoms with Gasteiger partial charge in [-0.2, -0.15) is 0 Å². The van der Waals surface area contributed by atoms with Crippen molar-refractivity contribution in [2.45, 2.75) is 12.5 Å². The summed E-state index contributed by atoms with van der Waals surface area (Å²) in [5.74, 6) is 1.30. The molecule has 2 N–H and O–H groups in total. The van der Waals surface area contributed by atoms with Crippen LogP contribution in [0.4, 0.5) is 11.5 Å². The average Bonchev–Trinajstić information content (AvgIpc) is 3.00. The van der Waals surface area contributed by atoms with E-state index in [0.717, 1.165) is 0 Å². The lowest BCUT2D eigenvalue weighted by Crippen LogP contribution is -2.22. The summed E-state index contributed by atoms with van der Waals surface area (Å²) in [7, 11) is 0.0636. The topological polar surface area (TPSA) is 120 Å². The molecule has 10 heteroatoms. The second-order valence-electron chi connectivity index (χ2n) is 6.07. The minimum atomic E-state index is -2.98. The highest BCUT2D eigenvalue weighted by molar-refractivity contribution is 7.91. The summed E-state index contributed by atoms with van der Waals surface area (Å²) in [6.45, 7) is 0. The predicted molar refractivity (Wildman–Crippen MR) is 100 cm³/mol. The van der Waals surface area contributed by atoms with Gasteiger partial charge in [0.25, 0.3) is 5.91 Å². The number of ether oxygens (including phenoxy) is 2. The summed E-state index contributed by atoms with van der Waals surface area (Å²) in [5.41, 5.74) is 0.659. The van der Waals surface area contributed by atoms with Gasteiger partial charge in [0, 0.05) is 17.8 Å². The fourth-order valence-electron chi connectivity index (χ4n) is 2.76. The number of hydrogen-bond donors (Lipinski definition) is 2. The first-order valence-electron chi connectivity index (χ1n) is 8.24. The zero-order valence-electron chi connectivity index (χ0n) is 14.9. The molecular weight excluding hydrogens is 372 g/mol. The monoisotopic (exact) mass is 392 g/mol. The number of aromatic nitrogens is 2. The third-order valence-electron chi connectivity index (χ3n) is 4.12. The lowest BCUT2D eigenvalue weighted by molar-refractivity contribution is 0.102. The molecule has 144 valence electrons. The minimum absolute atomic E-state index is 0.0796. The van der Waals surface area contributed by atoms with E-state index in [4.69, 9.17) is 9.47 Å². The molecule has 1 saturated heterocycles. The number of nitrogens with zero attached hydrogens (tertiary/aromatic N) is 2. The van der Waals surface area contributed by atoms with Crippen LogP contribution in [0.1, 0.15) is 16.9 Å². The Kier molecular flexibility index (Phi) is 5.45. The molecule has 2 aromatic rings. The number of methoxy groups -OCH3 is 2. The van der Waals surface area contributed by atoms with Crippen LogP contribution in [0, 0.1) is 0 Å². The molecule has 1 atom stereocenters. The summed E-state index contributed by atoms with van der Waals surface area (Å²) in [6, 6.07) is 7.94. The van der Waals surface area contributed by atoms with E-state index >= 15 is 0 Å². The van der Waals surface area contributed by atoms with Crippen LogP contribution in [0.3, 0.4) is 0 Å². The quantitative estimate of drug-likeness (QED) is 0.756. The molecule has 1 fully saturated rings. The second-order valence-corrected chi connectivity index (χ2v) is 8.30. The van der Waals surface area contributed by atoms with Crippen LogP contribution >= 0.6 is 0 Å². The van der Waals surface area contributed by atoms with Crippen LogP contribution in [0.25, 0.3) is 0 Å². The van der Waals surface area contributed by atoms with E-state index in [-0.39, 0.29) is 23.2 Å². The molecule has 0 radical (unpaired) electrons. The summed E-state index contributed by atoms with van der Waals surface area (Å²) in [5, 5.41) is 13.6. The third-order valence-corrected chi connectivity index (χ3v) is 5.89. The van der Waals surface area contributed by atoms with Crippen LogP contribution in [-0.2, 0) is 9.84 Å². The molecule has 1 aliphatic heterocycles. The zero-order valence-corrected chi connectivity index (χ0v) is 15.7. The van der Waals surface area contributed by atoms with Gasteiger partial charge in [0.1, 0.15) is 5.82 Å². The van der Waals surface area contributed by atoms with Gasteiger partial charge in [-0.15, -0.1) is 10.2 Å². The van der Waals surface area contributed by atoms with Crippen molar-refractivity contribution in [1.82, 2.24) is 10.2 Å². The SMILES string of the molecule is COc1ccc(NC(=O)c2ccc(NC3CCS(=O)(=O)C3)nn2)cc1OC. The first-order valence-corrected chi connectivity index (χ1v) is 10.1. The van der Waals surface area contributed by atoms with E-state index in [9.17, 15) is 13.2 Å². The van der Waals surface area contributed by atoms with Gasteiger partial charge in [0.15, 0.2) is 27.0 Å². The van der Waals surface area contributed by atoms with E-state index in [0.29, 0.717) is 29.4 Å². The Morgan fingerprint density at radius 2 is 1.89 bits per heavy atom. The molecule has 0 saturated carbocycles. The fourth-order valence-corrected chi connectivity index (χ4v) is 4.43. The van der Waals surface area contributed by atoms with Crippen molar-refractivity contribution in [1.29, 1.82) is 0 Å². The smallest absolute Gasteiger partial charge is 0.276 e. The van der Waals surface area contributed by atoms with Gasteiger partial charge in [-0.1, -0.05) is 0 Å². The van der Waals surface area contributed by atoms with Gasteiger partial charge in [-0.3, -0.25) is 4.79 Å². The molecule has 9 nitrogen and oxygen atoms in total. The Labute approximate surface area is 157 Å². The number of sulfone groups is 1. The molecule has 2 heterocycles. The van der Waals surface area contributed by atoms with Crippen LogP contribution in [-0.4, -0.2) is 56.3 Å². The lowest BCUT2D eigenvalue weighted by atomic mass is 10.2. The molecule has 1 amide bonds. The molecule has 0 bridgehead atoms. The van der Waals surface area contributed by atoms with Crippen LogP contribution in [0.15, 0.2) is 30.3 Å². The number of benzene rings is 1. The highest BCUT2D eigenvalue weighted by atomic mass is 32.2. The van der Waals surface area contributed by atoms with Crippen molar-refractivity contribution in [3.8, 4) is 11.5 Å². The fraction of sp³-hybridized carbons (Fsp3) is 0.353. The number of carbonyl (C=O) groups excluding carboxylic acids is 1. The summed E-state index contributed by atoms with van der Waals surface area (Å²) in [4.78, 5) is 12.3. The molecule has 0 spiro atoms. The largest absolute Gasteiger partial charge is 0.493 e. The molecule has 1 unspecified atom stereocenters. The van der Waals surface area contributed by atoms with Crippen molar-refractivity contribution < 1.29 is 22.7 Å². The average molecular weight is 392 g/mol.